The third-order valence-electron chi connectivity index (χ3n) is 4.60. The minimum atomic E-state index is -0.651. The summed E-state index contributed by atoms with van der Waals surface area (Å²) in [5.74, 6) is -0.527. The topological polar surface area (TPSA) is 84.7 Å². The Morgan fingerprint density at radius 3 is 2.50 bits per heavy atom. The highest BCUT2D eigenvalue weighted by atomic mass is 32.1. The first-order chi connectivity index (χ1) is 13.3. The highest BCUT2D eigenvalue weighted by molar-refractivity contribution is 7.80. The van der Waals surface area contributed by atoms with E-state index in [1.807, 2.05) is 31.2 Å². The van der Waals surface area contributed by atoms with Crippen LogP contribution in [0.4, 0.5) is 11.4 Å². The van der Waals surface area contributed by atoms with E-state index in [0.717, 1.165) is 11.3 Å². The lowest BCUT2D eigenvalue weighted by atomic mass is 9.94. The fourth-order valence-corrected chi connectivity index (χ4v) is 3.55. The first-order valence-corrected chi connectivity index (χ1v) is 8.95. The highest BCUT2D eigenvalue weighted by Crippen LogP contribution is 2.35. The van der Waals surface area contributed by atoms with Gasteiger partial charge in [0, 0.05) is 23.5 Å². The molecule has 0 fully saturated rings. The number of esters is 1. The largest absolute Gasteiger partial charge is 0.466 e. The summed E-state index contributed by atoms with van der Waals surface area (Å²) in [6.45, 7) is 3.76. The number of benzene rings is 2. The van der Waals surface area contributed by atoms with E-state index in [-0.39, 0.29) is 5.69 Å². The maximum atomic E-state index is 12.6. The Morgan fingerprint density at radius 2 is 1.89 bits per heavy atom. The summed E-state index contributed by atoms with van der Waals surface area (Å²) >= 11 is 5.55. The Morgan fingerprint density at radius 1 is 1.21 bits per heavy atom. The molecule has 1 aliphatic rings. The molecular formula is C20H19N3O4S. The number of nitro benzene ring substituents is 1. The molecule has 144 valence electrons. The van der Waals surface area contributed by atoms with Crippen molar-refractivity contribution in [2.75, 3.05) is 12.0 Å². The molecule has 1 aliphatic heterocycles. The number of carbonyl (C=O) groups is 1. The number of nitro groups is 1. The molecule has 8 heteroatoms. The molecule has 2 aromatic carbocycles. The molecule has 0 saturated carbocycles. The fraction of sp³-hybridized carbons (Fsp3) is 0.200. The molecule has 2 aromatic rings. The summed E-state index contributed by atoms with van der Waals surface area (Å²) < 4.78 is 4.99. The van der Waals surface area contributed by atoms with Crippen LogP contribution >= 0.6 is 12.2 Å². The van der Waals surface area contributed by atoms with Crippen molar-refractivity contribution < 1.29 is 14.5 Å². The van der Waals surface area contributed by atoms with Crippen molar-refractivity contribution in [3.05, 3.63) is 81.0 Å². The molecule has 0 unspecified atom stereocenters. The molecule has 0 aliphatic carbocycles. The smallest absolute Gasteiger partial charge is 0.337 e. The van der Waals surface area contributed by atoms with E-state index in [1.54, 1.807) is 24.0 Å². The average Bonchev–Trinajstić information content (AvgIpc) is 2.68. The summed E-state index contributed by atoms with van der Waals surface area (Å²) in [6.07, 6.45) is 0. The first-order valence-electron chi connectivity index (χ1n) is 8.54. The van der Waals surface area contributed by atoms with Crippen LogP contribution in [0.1, 0.15) is 24.1 Å². The minimum absolute atomic E-state index is 0.0620. The molecule has 3 rings (SSSR count). The second kappa shape index (κ2) is 7.77. The molecule has 1 atom stereocenters. The third-order valence-corrected chi connectivity index (χ3v) is 4.90. The molecule has 28 heavy (non-hydrogen) atoms. The van der Waals surface area contributed by atoms with Crippen LogP contribution in [0.5, 0.6) is 0 Å². The van der Waals surface area contributed by atoms with Gasteiger partial charge in [0.05, 0.1) is 23.6 Å². The second-order valence-corrected chi connectivity index (χ2v) is 6.78. The quantitative estimate of drug-likeness (QED) is 0.364. The molecule has 0 aromatic heterocycles. The SMILES string of the molecule is COC(=O)C1=C(C)N(c2ccc(C)cc2)C(=S)N[C@H]1c1cccc([N+](=O)[O-])c1. The van der Waals surface area contributed by atoms with Gasteiger partial charge in [0.1, 0.15) is 0 Å². The first kappa shape index (κ1) is 19.5. The van der Waals surface area contributed by atoms with E-state index >= 15 is 0 Å². The maximum Gasteiger partial charge on any atom is 0.337 e. The highest BCUT2D eigenvalue weighted by Gasteiger charge is 2.35. The Labute approximate surface area is 167 Å². The van der Waals surface area contributed by atoms with Crippen LogP contribution in [0.3, 0.4) is 0 Å². The number of ether oxygens (including phenoxy) is 1. The lowest BCUT2D eigenvalue weighted by molar-refractivity contribution is -0.384. The average molecular weight is 397 g/mol. The summed E-state index contributed by atoms with van der Waals surface area (Å²) in [4.78, 5) is 25.0. The van der Waals surface area contributed by atoms with Gasteiger partial charge < -0.3 is 10.1 Å². The van der Waals surface area contributed by atoms with E-state index in [2.05, 4.69) is 5.32 Å². The maximum absolute atomic E-state index is 12.6. The zero-order valence-electron chi connectivity index (χ0n) is 15.6. The lowest BCUT2D eigenvalue weighted by Crippen LogP contribution is -2.48. The molecule has 1 N–H and O–H groups in total. The van der Waals surface area contributed by atoms with Crippen molar-refractivity contribution in [3.8, 4) is 0 Å². The molecule has 0 saturated heterocycles. The number of methoxy groups -OCH3 is 1. The van der Waals surface area contributed by atoms with E-state index < -0.39 is 16.9 Å². The number of non-ortho nitro benzene ring substituents is 1. The molecular weight excluding hydrogens is 378 g/mol. The van der Waals surface area contributed by atoms with Crippen LogP contribution in [0, 0.1) is 17.0 Å². The predicted molar refractivity (Wildman–Crippen MR) is 110 cm³/mol. The lowest BCUT2D eigenvalue weighted by Gasteiger charge is -2.37. The number of allylic oxidation sites excluding steroid dienone is 1. The third kappa shape index (κ3) is 3.59. The fourth-order valence-electron chi connectivity index (χ4n) is 3.19. The zero-order chi connectivity index (χ0) is 20.4. The van der Waals surface area contributed by atoms with Crippen molar-refractivity contribution >= 4 is 34.7 Å². The van der Waals surface area contributed by atoms with Crippen LogP contribution < -0.4 is 10.2 Å². The summed E-state index contributed by atoms with van der Waals surface area (Å²) in [6, 6.07) is 13.2. The van der Waals surface area contributed by atoms with Crippen molar-refractivity contribution in [1.82, 2.24) is 5.32 Å². The van der Waals surface area contributed by atoms with Crippen LogP contribution in [0.15, 0.2) is 59.8 Å². The van der Waals surface area contributed by atoms with Crippen molar-refractivity contribution in [2.24, 2.45) is 0 Å². The Balaban J connectivity index is 2.14. The van der Waals surface area contributed by atoms with E-state index in [0.29, 0.717) is 21.9 Å². The minimum Gasteiger partial charge on any atom is -0.466 e. The Hall–Kier alpha value is -3.26. The van der Waals surface area contributed by atoms with E-state index in [1.165, 1.54) is 19.2 Å². The van der Waals surface area contributed by atoms with Crippen LogP contribution in [0.25, 0.3) is 0 Å². The van der Waals surface area contributed by atoms with E-state index in [4.69, 9.17) is 17.0 Å². The number of rotatable bonds is 4. The normalized spacial score (nSPS) is 16.6. The van der Waals surface area contributed by atoms with Crippen LogP contribution in [0.2, 0.25) is 0 Å². The van der Waals surface area contributed by atoms with Gasteiger partial charge in [0.2, 0.25) is 0 Å². The van der Waals surface area contributed by atoms with Gasteiger partial charge in [-0.25, -0.2) is 4.79 Å². The van der Waals surface area contributed by atoms with Crippen molar-refractivity contribution in [3.63, 3.8) is 0 Å². The standard InChI is InChI=1S/C20H19N3O4S/c1-12-7-9-15(10-8-12)22-13(2)17(19(24)27-3)18(21-20(22)28)14-5-4-6-16(11-14)23(25)26/h4-11,18H,1-3H3,(H,21,28)/t18-/m0/s1. The zero-order valence-corrected chi connectivity index (χ0v) is 16.4. The molecule has 7 nitrogen and oxygen atoms in total. The van der Waals surface area contributed by atoms with Gasteiger partial charge in [0.15, 0.2) is 5.11 Å². The number of nitrogens with zero attached hydrogens (tertiary/aromatic N) is 2. The molecule has 0 radical (unpaired) electrons. The molecule has 0 bridgehead atoms. The molecule has 1 heterocycles. The van der Waals surface area contributed by atoms with Gasteiger partial charge in [-0.05, 0) is 43.8 Å². The number of nitrogens with one attached hydrogen (secondary N) is 1. The van der Waals surface area contributed by atoms with Gasteiger partial charge in [-0.2, -0.15) is 0 Å². The number of aryl methyl sites for hydroxylation is 1. The second-order valence-electron chi connectivity index (χ2n) is 6.40. The number of thiocarbonyl (C=S) groups is 1. The van der Waals surface area contributed by atoms with Crippen LogP contribution in [-0.4, -0.2) is 23.1 Å². The van der Waals surface area contributed by atoms with Crippen molar-refractivity contribution in [1.29, 1.82) is 0 Å². The number of anilines is 1. The summed E-state index contributed by atoms with van der Waals surface area (Å²) in [5, 5.41) is 14.7. The Kier molecular flexibility index (Phi) is 5.41. The molecule has 0 spiro atoms. The number of hydrogen-bond acceptors (Lipinski definition) is 5. The monoisotopic (exact) mass is 397 g/mol. The predicted octanol–water partition coefficient (Wildman–Crippen LogP) is 3.79. The number of hydrogen-bond donors (Lipinski definition) is 1. The van der Waals surface area contributed by atoms with Gasteiger partial charge >= 0.3 is 5.97 Å². The van der Waals surface area contributed by atoms with Gasteiger partial charge in [-0.3, -0.25) is 15.0 Å². The summed E-state index contributed by atoms with van der Waals surface area (Å²) in [5.41, 5.74) is 3.35. The summed E-state index contributed by atoms with van der Waals surface area (Å²) in [7, 11) is 1.30. The molecule has 0 amide bonds. The number of carbonyl (C=O) groups excluding carboxylic acids is 1. The van der Waals surface area contributed by atoms with Gasteiger partial charge in [-0.1, -0.05) is 29.8 Å². The van der Waals surface area contributed by atoms with Crippen LogP contribution in [-0.2, 0) is 9.53 Å². The Bertz CT molecular complexity index is 985. The van der Waals surface area contributed by atoms with Crippen molar-refractivity contribution in [2.45, 2.75) is 19.9 Å². The van der Waals surface area contributed by atoms with Gasteiger partial charge in [-0.15, -0.1) is 0 Å². The van der Waals surface area contributed by atoms with E-state index in [9.17, 15) is 14.9 Å². The van der Waals surface area contributed by atoms with Gasteiger partial charge in [0.25, 0.3) is 5.69 Å².